The number of ether oxygens (including phenoxy) is 1. The van der Waals surface area contributed by atoms with Crippen LogP contribution in [0.3, 0.4) is 0 Å². The van der Waals surface area contributed by atoms with Gasteiger partial charge < -0.3 is 4.74 Å². The van der Waals surface area contributed by atoms with E-state index in [1.807, 2.05) is 17.1 Å². The maximum atomic E-state index is 5.70. The van der Waals surface area contributed by atoms with Crippen LogP contribution in [0.25, 0.3) is 0 Å². The average molecular weight is 229 g/mol. The van der Waals surface area contributed by atoms with Crippen LogP contribution in [0, 0.1) is 0 Å². The predicted molar refractivity (Wildman–Crippen MR) is 60.0 cm³/mol. The van der Waals surface area contributed by atoms with Gasteiger partial charge in [-0.3, -0.25) is 4.68 Å². The Kier molecular flexibility index (Phi) is 4.03. The zero-order valence-electron chi connectivity index (χ0n) is 8.86. The Morgan fingerprint density at radius 1 is 1.60 bits per heavy atom. The lowest BCUT2D eigenvalue weighted by Gasteiger charge is -2.08. The molecule has 1 aliphatic heterocycles. The third-order valence-electron chi connectivity index (χ3n) is 2.78. The molecule has 1 aromatic heterocycles. The molecule has 0 N–H and O–H groups in total. The number of hydrogen-bond donors (Lipinski definition) is 0. The third kappa shape index (κ3) is 3.21. The number of nitrogens with zero attached hydrogens (tertiary/aromatic N) is 2. The molecule has 1 atom stereocenters. The van der Waals surface area contributed by atoms with Crippen molar-refractivity contribution in [3.05, 3.63) is 18.0 Å². The van der Waals surface area contributed by atoms with E-state index in [9.17, 15) is 0 Å². The van der Waals surface area contributed by atoms with Crippen molar-refractivity contribution in [2.24, 2.45) is 0 Å². The molecular formula is C11H17ClN2O. The van der Waals surface area contributed by atoms with Crippen LogP contribution in [0.15, 0.2) is 12.4 Å². The van der Waals surface area contributed by atoms with Crippen LogP contribution in [-0.2, 0) is 17.2 Å². The van der Waals surface area contributed by atoms with E-state index in [4.69, 9.17) is 16.3 Å². The number of aryl methyl sites for hydroxylation is 1. The number of aromatic nitrogens is 2. The Morgan fingerprint density at radius 2 is 2.53 bits per heavy atom. The van der Waals surface area contributed by atoms with E-state index in [0.29, 0.717) is 12.0 Å². The lowest BCUT2D eigenvalue weighted by Crippen LogP contribution is -2.07. The molecule has 1 fully saturated rings. The second-order valence-corrected chi connectivity index (χ2v) is 4.29. The van der Waals surface area contributed by atoms with E-state index < -0.39 is 0 Å². The second kappa shape index (κ2) is 5.52. The predicted octanol–water partition coefficient (Wildman–Crippen LogP) is 2.58. The minimum absolute atomic E-state index is 0.494. The van der Waals surface area contributed by atoms with E-state index >= 15 is 0 Å². The fourth-order valence-corrected chi connectivity index (χ4v) is 2.09. The first-order valence-corrected chi connectivity index (χ1v) is 6.11. The lowest BCUT2D eigenvalue weighted by molar-refractivity contribution is 0.101. The molecule has 2 heterocycles. The van der Waals surface area contributed by atoms with Crippen LogP contribution in [0.1, 0.15) is 31.2 Å². The van der Waals surface area contributed by atoms with Gasteiger partial charge in [0.2, 0.25) is 0 Å². The smallest absolute Gasteiger partial charge is 0.0576 e. The van der Waals surface area contributed by atoms with Crippen molar-refractivity contribution in [1.82, 2.24) is 9.78 Å². The molecular weight excluding hydrogens is 212 g/mol. The van der Waals surface area contributed by atoms with Crippen molar-refractivity contribution in [2.75, 3.05) is 6.61 Å². The zero-order valence-corrected chi connectivity index (χ0v) is 9.62. The standard InChI is InChI=1S/C11H17ClN2O/c12-7-10-8-13-14(9-10)5-1-3-11-4-2-6-15-11/h8-9,11H,1-7H2. The number of rotatable bonds is 5. The van der Waals surface area contributed by atoms with Gasteiger partial charge >= 0.3 is 0 Å². The van der Waals surface area contributed by atoms with E-state index in [1.165, 1.54) is 12.8 Å². The van der Waals surface area contributed by atoms with E-state index in [-0.39, 0.29) is 0 Å². The summed E-state index contributed by atoms with van der Waals surface area (Å²) in [5.41, 5.74) is 1.09. The molecule has 84 valence electrons. The average Bonchev–Trinajstić information content (AvgIpc) is 2.88. The summed E-state index contributed by atoms with van der Waals surface area (Å²) in [5, 5.41) is 4.24. The second-order valence-electron chi connectivity index (χ2n) is 4.02. The van der Waals surface area contributed by atoms with Gasteiger partial charge in [-0.1, -0.05) is 0 Å². The van der Waals surface area contributed by atoms with Crippen LogP contribution < -0.4 is 0 Å². The summed E-state index contributed by atoms with van der Waals surface area (Å²) in [6.45, 7) is 1.92. The highest BCUT2D eigenvalue weighted by atomic mass is 35.5. The van der Waals surface area contributed by atoms with Gasteiger partial charge in [0.1, 0.15) is 0 Å². The van der Waals surface area contributed by atoms with E-state index in [1.54, 1.807) is 0 Å². The largest absolute Gasteiger partial charge is 0.378 e. The van der Waals surface area contributed by atoms with Crippen molar-refractivity contribution in [3.8, 4) is 0 Å². The zero-order chi connectivity index (χ0) is 10.5. The Labute approximate surface area is 95.4 Å². The number of hydrogen-bond acceptors (Lipinski definition) is 2. The van der Waals surface area contributed by atoms with Gasteiger partial charge in [0.25, 0.3) is 0 Å². The molecule has 1 unspecified atom stereocenters. The molecule has 0 saturated carbocycles. The monoisotopic (exact) mass is 228 g/mol. The molecule has 0 aromatic carbocycles. The summed E-state index contributed by atoms with van der Waals surface area (Å²) >= 11 is 5.70. The highest BCUT2D eigenvalue weighted by molar-refractivity contribution is 6.17. The van der Waals surface area contributed by atoms with Crippen LogP contribution in [-0.4, -0.2) is 22.5 Å². The Bertz CT molecular complexity index is 295. The van der Waals surface area contributed by atoms with E-state index in [0.717, 1.165) is 31.6 Å². The summed E-state index contributed by atoms with van der Waals surface area (Å²) < 4.78 is 7.53. The van der Waals surface area contributed by atoms with Crippen LogP contribution >= 0.6 is 11.6 Å². The summed E-state index contributed by atoms with van der Waals surface area (Å²) in [4.78, 5) is 0. The van der Waals surface area contributed by atoms with Gasteiger partial charge in [-0.25, -0.2) is 0 Å². The minimum Gasteiger partial charge on any atom is -0.378 e. The SMILES string of the molecule is ClCc1cnn(CCCC2CCCO2)c1. The molecule has 2 rings (SSSR count). The van der Waals surface area contributed by atoms with Crippen molar-refractivity contribution >= 4 is 11.6 Å². The highest BCUT2D eigenvalue weighted by Gasteiger charge is 2.14. The molecule has 1 aromatic rings. The van der Waals surface area contributed by atoms with Gasteiger partial charge in [0, 0.05) is 24.9 Å². The van der Waals surface area contributed by atoms with E-state index in [2.05, 4.69) is 5.10 Å². The molecule has 0 aliphatic carbocycles. The summed E-state index contributed by atoms with van der Waals surface area (Å²) in [5.74, 6) is 0.547. The maximum absolute atomic E-state index is 5.70. The van der Waals surface area contributed by atoms with Gasteiger partial charge in [0.05, 0.1) is 18.2 Å². The Morgan fingerprint density at radius 3 is 3.20 bits per heavy atom. The van der Waals surface area contributed by atoms with Crippen molar-refractivity contribution in [2.45, 2.75) is 44.2 Å². The molecule has 0 spiro atoms. The molecule has 3 nitrogen and oxygen atoms in total. The quantitative estimate of drug-likeness (QED) is 0.725. The molecule has 0 bridgehead atoms. The fraction of sp³-hybridized carbons (Fsp3) is 0.727. The van der Waals surface area contributed by atoms with Crippen LogP contribution in [0.5, 0.6) is 0 Å². The maximum Gasteiger partial charge on any atom is 0.0576 e. The first kappa shape index (κ1) is 11.0. The fourth-order valence-electron chi connectivity index (χ4n) is 1.95. The van der Waals surface area contributed by atoms with Crippen molar-refractivity contribution in [1.29, 1.82) is 0 Å². The molecule has 1 aliphatic rings. The molecule has 0 amide bonds. The topological polar surface area (TPSA) is 27.1 Å². The first-order chi connectivity index (χ1) is 7.38. The molecule has 4 heteroatoms. The first-order valence-electron chi connectivity index (χ1n) is 5.57. The lowest BCUT2D eigenvalue weighted by atomic mass is 10.1. The van der Waals surface area contributed by atoms with Crippen molar-refractivity contribution < 1.29 is 4.74 Å². The van der Waals surface area contributed by atoms with Crippen LogP contribution in [0.4, 0.5) is 0 Å². The van der Waals surface area contributed by atoms with Gasteiger partial charge in [-0.15, -0.1) is 11.6 Å². The third-order valence-corrected chi connectivity index (χ3v) is 3.09. The summed E-state index contributed by atoms with van der Waals surface area (Å²) in [6, 6.07) is 0. The van der Waals surface area contributed by atoms with Gasteiger partial charge in [-0.2, -0.15) is 5.10 Å². The summed E-state index contributed by atoms with van der Waals surface area (Å²) in [7, 11) is 0. The number of halogens is 1. The normalized spacial score (nSPS) is 21.0. The minimum atomic E-state index is 0.494. The Hall–Kier alpha value is -0.540. The van der Waals surface area contributed by atoms with Gasteiger partial charge in [0.15, 0.2) is 0 Å². The van der Waals surface area contributed by atoms with Crippen molar-refractivity contribution in [3.63, 3.8) is 0 Å². The summed E-state index contributed by atoms with van der Waals surface area (Å²) in [6.07, 6.45) is 9.08. The highest BCUT2D eigenvalue weighted by Crippen LogP contribution is 2.17. The van der Waals surface area contributed by atoms with Crippen LogP contribution in [0.2, 0.25) is 0 Å². The molecule has 0 radical (unpaired) electrons. The molecule has 1 saturated heterocycles. The molecule has 15 heavy (non-hydrogen) atoms. The van der Waals surface area contributed by atoms with Gasteiger partial charge in [-0.05, 0) is 25.7 Å². The number of alkyl halides is 1. The Balaban J connectivity index is 1.68.